The number of hydrazone groups is 1. The first-order valence-corrected chi connectivity index (χ1v) is 8.85. The highest BCUT2D eigenvalue weighted by molar-refractivity contribution is 6.02. The maximum Gasteiger partial charge on any atom is 0.416 e. The summed E-state index contributed by atoms with van der Waals surface area (Å²) >= 11 is 0. The molecule has 0 radical (unpaired) electrons. The fourth-order valence-electron chi connectivity index (χ4n) is 3.20. The Morgan fingerprint density at radius 2 is 1.79 bits per heavy atom. The van der Waals surface area contributed by atoms with E-state index in [2.05, 4.69) is 10.4 Å². The minimum atomic E-state index is -4.39. The maximum absolute atomic E-state index is 12.7. The molecule has 28 heavy (non-hydrogen) atoms. The van der Waals surface area contributed by atoms with Crippen LogP contribution in [0.3, 0.4) is 0 Å². The second kappa shape index (κ2) is 8.07. The van der Waals surface area contributed by atoms with Gasteiger partial charge in [-0.1, -0.05) is 12.1 Å². The average molecular weight is 393 g/mol. The van der Waals surface area contributed by atoms with E-state index in [0.717, 1.165) is 25.0 Å². The van der Waals surface area contributed by atoms with Crippen LogP contribution in [-0.2, 0) is 6.18 Å². The highest BCUT2D eigenvalue weighted by Gasteiger charge is 2.30. The summed E-state index contributed by atoms with van der Waals surface area (Å²) < 4.78 is 38.1. The Morgan fingerprint density at radius 1 is 1.11 bits per heavy atom. The molecular weight excluding hydrogens is 371 g/mol. The van der Waals surface area contributed by atoms with E-state index in [9.17, 15) is 18.3 Å². The summed E-state index contributed by atoms with van der Waals surface area (Å²) in [5.41, 5.74) is 6.98. The van der Waals surface area contributed by atoms with Gasteiger partial charge >= 0.3 is 6.18 Å². The number of anilines is 2. The monoisotopic (exact) mass is 393 g/mol. The van der Waals surface area contributed by atoms with Crippen molar-refractivity contribution in [2.75, 3.05) is 5.32 Å². The Balaban J connectivity index is 1.80. The minimum Gasteiger partial charge on any atom is -0.391 e. The molecule has 0 spiro atoms. The van der Waals surface area contributed by atoms with Crippen LogP contribution in [0.4, 0.5) is 24.5 Å². The van der Waals surface area contributed by atoms with Gasteiger partial charge in [-0.2, -0.15) is 13.2 Å². The maximum atomic E-state index is 12.7. The number of rotatable bonds is 5. The number of hydrogen-bond acceptors (Lipinski definition) is 5. The van der Waals surface area contributed by atoms with Crippen molar-refractivity contribution in [1.82, 2.24) is 5.12 Å². The number of aliphatic hydroxyl groups is 1. The van der Waals surface area contributed by atoms with Gasteiger partial charge in [0, 0.05) is 16.9 Å². The number of benzene rings is 2. The average Bonchev–Trinajstić information content (AvgIpc) is 3.08. The van der Waals surface area contributed by atoms with Gasteiger partial charge in [-0.3, -0.25) is 0 Å². The van der Waals surface area contributed by atoms with Crippen LogP contribution in [0.15, 0.2) is 53.6 Å². The Kier molecular flexibility index (Phi) is 5.76. The third-order valence-corrected chi connectivity index (χ3v) is 4.70. The molecule has 6 nitrogen and oxygen atoms in total. The molecule has 2 unspecified atom stereocenters. The Hall–Kier alpha value is -2.78. The zero-order valence-electron chi connectivity index (χ0n) is 15.0. The van der Waals surface area contributed by atoms with Gasteiger partial charge in [0.15, 0.2) is 5.84 Å². The predicted octanol–water partition coefficient (Wildman–Crippen LogP) is 3.16. The number of nitrogens with two attached hydrogens (primary N) is 2. The van der Waals surface area contributed by atoms with E-state index < -0.39 is 17.8 Å². The van der Waals surface area contributed by atoms with Gasteiger partial charge in [-0.05, 0) is 55.7 Å². The van der Waals surface area contributed by atoms with Crippen LogP contribution in [0.2, 0.25) is 0 Å². The third kappa shape index (κ3) is 4.55. The number of aliphatic hydroxyl groups excluding tert-OH is 1. The van der Waals surface area contributed by atoms with Crippen molar-refractivity contribution in [3.8, 4) is 0 Å². The van der Waals surface area contributed by atoms with Crippen LogP contribution in [0.5, 0.6) is 0 Å². The van der Waals surface area contributed by atoms with E-state index in [1.165, 1.54) is 17.3 Å². The molecule has 6 N–H and O–H groups in total. The molecule has 2 atom stereocenters. The molecule has 0 aliphatic heterocycles. The normalized spacial score (nSPS) is 20.2. The summed E-state index contributed by atoms with van der Waals surface area (Å²) in [5.74, 6) is 6.08. The van der Waals surface area contributed by atoms with Crippen molar-refractivity contribution >= 4 is 17.2 Å². The molecule has 0 amide bonds. The lowest BCUT2D eigenvalue weighted by Crippen LogP contribution is -2.43. The summed E-state index contributed by atoms with van der Waals surface area (Å²) in [7, 11) is 0. The van der Waals surface area contributed by atoms with E-state index in [1.807, 2.05) is 0 Å². The predicted molar refractivity (Wildman–Crippen MR) is 102 cm³/mol. The quantitative estimate of drug-likeness (QED) is 0.271. The Labute approximate surface area is 160 Å². The summed E-state index contributed by atoms with van der Waals surface area (Å²) in [6.45, 7) is 0. The topological polar surface area (TPSA) is 99.9 Å². The lowest BCUT2D eigenvalue weighted by atomic mass is 10.1. The van der Waals surface area contributed by atoms with E-state index in [1.54, 1.807) is 24.3 Å². The van der Waals surface area contributed by atoms with Crippen LogP contribution in [0, 0.1) is 0 Å². The van der Waals surface area contributed by atoms with Crippen LogP contribution in [0.1, 0.15) is 30.4 Å². The molecular formula is C19H22F3N5O. The Bertz CT molecular complexity index is 838. The van der Waals surface area contributed by atoms with E-state index in [0.29, 0.717) is 23.4 Å². The summed E-state index contributed by atoms with van der Waals surface area (Å²) in [6.07, 6.45) is -2.69. The number of halogens is 3. The Morgan fingerprint density at radius 3 is 2.39 bits per heavy atom. The third-order valence-electron chi connectivity index (χ3n) is 4.70. The lowest BCUT2D eigenvalue weighted by Gasteiger charge is -2.24. The van der Waals surface area contributed by atoms with Gasteiger partial charge in [0.05, 0.1) is 17.7 Å². The summed E-state index contributed by atoms with van der Waals surface area (Å²) in [6, 6.07) is 11.4. The highest BCUT2D eigenvalue weighted by atomic mass is 19.4. The van der Waals surface area contributed by atoms with Gasteiger partial charge in [-0.15, -0.1) is 5.10 Å². The molecule has 150 valence electrons. The van der Waals surface area contributed by atoms with Gasteiger partial charge < -0.3 is 16.2 Å². The lowest BCUT2D eigenvalue weighted by molar-refractivity contribution is -0.137. The molecule has 0 bridgehead atoms. The van der Waals surface area contributed by atoms with Crippen molar-refractivity contribution in [3.63, 3.8) is 0 Å². The molecule has 1 aliphatic carbocycles. The molecule has 2 aromatic rings. The zero-order valence-corrected chi connectivity index (χ0v) is 15.0. The molecule has 1 aliphatic rings. The molecule has 0 heterocycles. The molecule has 3 rings (SSSR count). The number of nitrogens with one attached hydrogen (secondary N) is 1. The van der Waals surface area contributed by atoms with Gasteiger partial charge in [0.1, 0.15) is 0 Å². The number of alkyl halides is 3. The van der Waals surface area contributed by atoms with Gasteiger partial charge in [0.25, 0.3) is 0 Å². The first-order valence-electron chi connectivity index (χ1n) is 8.85. The number of para-hydroxylation sites is 1. The molecule has 1 fully saturated rings. The second-order valence-corrected chi connectivity index (χ2v) is 6.68. The van der Waals surface area contributed by atoms with Crippen molar-refractivity contribution in [2.24, 2.45) is 16.7 Å². The van der Waals surface area contributed by atoms with Crippen molar-refractivity contribution < 1.29 is 18.3 Å². The second-order valence-electron chi connectivity index (χ2n) is 6.68. The van der Waals surface area contributed by atoms with Gasteiger partial charge in [0.2, 0.25) is 0 Å². The van der Waals surface area contributed by atoms with Crippen LogP contribution >= 0.6 is 0 Å². The fourth-order valence-corrected chi connectivity index (χ4v) is 3.20. The smallest absolute Gasteiger partial charge is 0.391 e. The first-order chi connectivity index (χ1) is 13.3. The van der Waals surface area contributed by atoms with Crippen LogP contribution in [0.25, 0.3) is 0 Å². The molecule has 0 saturated heterocycles. The SMILES string of the molecule is N/C(=N\N(N)C1CCCC1O)c1ccccc1Nc1ccc(C(F)(F)F)cc1. The standard InChI is InChI=1S/C19H22F3N5O/c20-19(21,22)12-8-10-13(11-9-12)25-15-5-2-1-4-14(15)18(23)26-27(24)16-6-3-7-17(16)28/h1-2,4-5,8-11,16-17,25,28H,3,6-7,24H2,(H2,23,26). The van der Waals surface area contributed by atoms with E-state index in [4.69, 9.17) is 11.6 Å². The van der Waals surface area contributed by atoms with E-state index >= 15 is 0 Å². The largest absolute Gasteiger partial charge is 0.416 e. The fraction of sp³-hybridized carbons (Fsp3) is 0.316. The summed E-state index contributed by atoms with van der Waals surface area (Å²) in [5, 5.41) is 18.4. The number of nitrogens with zero attached hydrogens (tertiary/aromatic N) is 2. The summed E-state index contributed by atoms with van der Waals surface area (Å²) in [4.78, 5) is 0. The number of hydrogen-bond donors (Lipinski definition) is 4. The minimum absolute atomic E-state index is 0.136. The molecule has 0 aromatic heterocycles. The molecule has 2 aromatic carbocycles. The van der Waals surface area contributed by atoms with Crippen molar-refractivity contribution in [2.45, 2.75) is 37.6 Å². The molecule has 9 heteroatoms. The van der Waals surface area contributed by atoms with E-state index in [-0.39, 0.29) is 11.9 Å². The van der Waals surface area contributed by atoms with Gasteiger partial charge in [-0.25, -0.2) is 11.0 Å². The molecule has 1 saturated carbocycles. The van der Waals surface area contributed by atoms with Crippen molar-refractivity contribution in [3.05, 3.63) is 59.7 Å². The highest BCUT2D eigenvalue weighted by Crippen LogP contribution is 2.31. The van der Waals surface area contributed by atoms with Crippen molar-refractivity contribution in [1.29, 1.82) is 0 Å². The van der Waals surface area contributed by atoms with Crippen LogP contribution in [-0.4, -0.2) is 28.2 Å². The number of hydrazine groups is 1. The zero-order chi connectivity index (χ0) is 20.3. The first kappa shape index (κ1) is 20.0. The van der Waals surface area contributed by atoms with Crippen LogP contribution < -0.4 is 16.9 Å². The number of amidine groups is 1.